The predicted octanol–water partition coefficient (Wildman–Crippen LogP) is 2.51. The summed E-state index contributed by atoms with van der Waals surface area (Å²) >= 11 is 0. The number of nitrogens with one attached hydrogen (secondary N) is 2. The van der Waals surface area contributed by atoms with Crippen LogP contribution in [0.2, 0.25) is 0 Å². The molecule has 2 aliphatic rings. The van der Waals surface area contributed by atoms with E-state index in [0.29, 0.717) is 17.8 Å². The van der Waals surface area contributed by atoms with Gasteiger partial charge in [0.05, 0.1) is 36.2 Å². The smallest absolute Gasteiger partial charge is 0.338 e. The van der Waals surface area contributed by atoms with Gasteiger partial charge in [0.2, 0.25) is 0 Å². The minimum Gasteiger partial charge on any atom is -0.463 e. The van der Waals surface area contributed by atoms with E-state index in [-0.39, 0.29) is 23.1 Å². The van der Waals surface area contributed by atoms with Crippen LogP contribution >= 0.6 is 0 Å². The van der Waals surface area contributed by atoms with Crippen LogP contribution in [0.4, 0.5) is 16.2 Å². The summed E-state index contributed by atoms with van der Waals surface area (Å²) in [5.41, 5.74) is 3.65. The standard InChI is InChI=1S/C22H24N4O5/c1-2-31-21(27)19-17(13-25-11-10-14-6-3-4-9-18(14)25)23-22(28)24-20(19)15-7-5-8-16(12-15)26(29)30/h3-9,12,20,29-30H,2,10-11,13H2,1H3,(H2,23,24,28). The Kier molecular flexibility index (Phi) is 5.79. The Bertz CT molecular complexity index is 1040. The quantitative estimate of drug-likeness (QED) is 0.416. The summed E-state index contributed by atoms with van der Waals surface area (Å²) in [7, 11) is 0. The molecule has 0 radical (unpaired) electrons. The first-order chi connectivity index (χ1) is 15.0. The Morgan fingerprint density at radius 1 is 1.23 bits per heavy atom. The number of fused-ring (bicyclic) bond motifs is 1. The third-order valence-corrected chi connectivity index (χ3v) is 5.42. The molecule has 4 rings (SSSR count). The molecule has 0 saturated heterocycles. The van der Waals surface area contributed by atoms with Gasteiger partial charge in [0.1, 0.15) is 0 Å². The van der Waals surface area contributed by atoms with E-state index >= 15 is 0 Å². The van der Waals surface area contributed by atoms with Crippen molar-refractivity contribution < 1.29 is 24.7 Å². The second-order valence-corrected chi connectivity index (χ2v) is 7.33. The van der Waals surface area contributed by atoms with Gasteiger partial charge in [-0.2, -0.15) is 0 Å². The third kappa shape index (κ3) is 4.18. The van der Waals surface area contributed by atoms with Crippen molar-refractivity contribution >= 4 is 23.4 Å². The Balaban J connectivity index is 1.75. The highest BCUT2D eigenvalue weighted by molar-refractivity contribution is 5.95. The van der Waals surface area contributed by atoms with E-state index in [0.717, 1.165) is 18.7 Å². The van der Waals surface area contributed by atoms with Crippen LogP contribution in [-0.2, 0) is 16.0 Å². The monoisotopic (exact) mass is 424 g/mol. The number of urea groups is 1. The average Bonchev–Trinajstić information content (AvgIpc) is 3.16. The molecule has 2 heterocycles. The molecule has 0 spiro atoms. The highest BCUT2D eigenvalue weighted by atomic mass is 16.8. The second-order valence-electron chi connectivity index (χ2n) is 7.33. The molecule has 0 saturated carbocycles. The number of hydrogen-bond acceptors (Lipinski definition) is 7. The van der Waals surface area contributed by atoms with Gasteiger partial charge in [-0.15, -0.1) is 5.23 Å². The van der Waals surface area contributed by atoms with E-state index in [1.807, 2.05) is 18.2 Å². The number of rotatable bonds is 6. The molecular formula is C22H24N4O5. The van der Waals surface area contributed by atoms with E-state index in [4.69, 9.17) is 4.74 Å². The summed E-state index contributed by atoms with van der Waals surface area (Å²) in [6.07, 6.45) is 0.888. The molecule has 2 aromatic rings. The molecule has 0 fully saturated rings. The zero-order chi connectivity index (χ0) is 22.0. The van der Waals surface area contributed by atoms with Crippen LogP contribution < -0.4 is 20.8 Å². The number of para-hydroxylation sites is 1. The van der Waals surface area contributed by atoms with Gasteiger partial charge in [-0.05, 0) is 42.7 Å². The van der Waals surface area contributed by atoms with E-state index in [1.165, 1.54) is 17.7 Å². The molecule has 0 aliphatic carbocycles. The van der Waals surface area contributed by atoms with Crippen LogP contribution in [0.3, 0.4) is 0 Å². The lowest BCUT2D eigenvalue weighted by Crippen LogP contribution is -2.48. The average molecular weight is 424 g/mol. The van der Waals surface area contributed by atoms with Crippen LogP contribution in [0.25, 0.3) is 0 Å². The molecule has 0 bridgehead atoms. The minimum absolute atomic E-state index is 0.0117. The van der Waals surface area contributed by atoms with Crippen molar-refractivity contribution in [1.29, 1.82) is 0 Å². The Labute approximate surface area is 179 Å². The fourth-order valence-electron chi connectivity index (χ4n) is 4.03. The lowest BCUT2D eigenvalue weighted by Gasteiger charge is -2.32. The number of benzene rings is 2. The fourth-order valence-corrected chi connectivity index (χ4v) is 4.03. The number of anilines is 2. The molecular weight excluding hydrogens is 400 g/mol. The van der Waals surface area contributed by atoms with Crippen molar-refractivity contribution in [1.82, 2.24) is 10.6 Å². The number of carbonyl (C=O) groups excluding carboxylic acids is 2. The first-order valence-electron chi connectivity index (χ1n) is 10.1. The van der Waals surface area contributed by atoms with Crippen molar-refractivity contribution in [3.05, 3.63) is 70.9 Å². The predicted molar refractivity (Wildman–Crippen MR) is 113 cm³/mol. The molecule has 1 unspecified atom stereocenters. The second kappa shape index (κ2) is 8.66. The number of amides is 2. The van der Waals surface area contributed by atoms with Crippen molar-refractivity contribution in [3.63, 3.8) is 0 Å². The van der Waals surface area contributed by atoms with Crippen LogP contribution in [0.1, 0.15) is 24.1 Å². The van der Waals surface area contributed by atoms with Crippen molar-refractivity contribution in [2.24, 2.45) is 0 Å². The summed E-state index contributed by atoms with van der Waals surface area (Å²) in [5, 5.41) is 24.3. The zero-order valence-corrected chi connectivity index (χ0v) is 17.0. The minimum atomic E-state index is -0.805. The van der Waals surface area contributed by atoms with E-state index < -0.39 is 18.0 Å². The summed E-state index contributed by atoms with van der Waals surface area (Å²) in [6.45, 7) is 3.01. The highest BCUT2D eigenvalue weighted by Gasteiger charge is 2.35. The molecule has 31 heavy (non-hydrogen) atoms. The summed E-state index contributed by atoms with van der Waals surface area (Å²) in [6, 6.07) is 13.1. The first kappa shape index (κ1) is 20.7. The summed E-state index contributed by atoms with van der Waals surface area (Å²) in [4.78, 5) is 27.5. The maximum atomic E-state index is 12.9. The Hall–Kier alpha value is -3.56. The topological polar surface area (TPSA) is 114 Å². The van der Waals surface area contributed by atoms with Gasteiger partial charge in [-0.3, -0.25) is 10.4 Å². The lowest BCUT2D eigenvalue weighted by atomic mass is 9.94. The maximum absolute atomic E-state index is 12.9. The van der Waals surface area contributed by atoms with Gasteiger partial charge in [-0.25, -0.2) is 9.59 Å². The maximum Gasteiger partial charge on any atom is 0.338 e. The molecule has 9 heteroatoms. The molecule has 9 nitrogen and oxygen atoms in total. The lowest BCUT2D eigenvalue weighted by molar-refractivity contribution is -0.139. The molecule has 0 aromatic heterocycles. The number of carbonyl (C=O) groups is 2. The number of nitrogens with zero attached hydrogens (tertiary/aromatic N) is 2. The first-order valence-corrected chi connectivity index (χ1v) is 10.1. The van der Waals surface area contributed by atoms with Crippen molar-refractivity contribution in [2.45, 2.75) is 19.4 Å². The van der Waals surface area contributed by atoms with Gasteiger partial charge in [0, 0.05) is 12.2 Å². The van der Waals surface area contributed by atoms with Crippen molar-refractivity contribution in [3.8, 4) is 0 Å². The number of hydrogen-bond donors (Lipinski definition) is 4. The third-order valence-electron chi connectivity index (χ3n) is 5.42. The largest absolute Gasteiger partial charge is 0.463 e. The van der Waals surface area contributed by atoms with Crippen LogP contribution in [0, 0.1) is 0 Å². The van der Waals surface area contributed by atoms with Gasteiger partial charge in [-0.1, -0.05) is 30.3 Å². The highest BCUT2D eigenvalue weighted by Crippen LogP contribution is 2.33. The molecule has 162 valence electrons. The molecule has 2 aromatic carbocycles. The van der Waals surface area contributed by atoms with Gasteiger partial charge in [0.25, 0.3) is 0 Å². The van der Waals surface area contributed by atoms with Gasteiger partial charge < -0.3 is 20.3 Å². The number of ether oxygens (including phenoxy) is 1. The fraction of sp³-hybridized carbons (Fsp3) is 0.273. The van der Waals surface area contributed by atoms with E-state index in [1.54, 1.807) is 19.1 Å². The van der Waals surface area contributed by atoms with Gasteiger partial charge in [0.15, 0.2) is 0 Å². The normalized spacial score (nSPS) is 17.7. The molecule has 2 amide bonds. The SMILES string of the molecule is CCOC(=O)C1=C(CN2CCc3ccccc32)NC(=O)NC1c1cccc(N(O)O)c1. The summed E-state index contributed by atoms with van der Waals surface area (Å²) in [5.74, 6) is -0.544. The molecule has 1 atom stereocenters. The van der Waals surface area contributed by atoms with Crippen LogP contribution in [0.15, 0.2) is 59.8 Å². The van der Waals surface area contributed by atoms with Crippen LogP contribution in [0.5, 0.6) is 0 Å². The zero-order valence-electron chi connectivity index (χ0n) is 17.0. The van der Waals surface area contributed by atoms with Crippen LogP contribution in [-0.4, -0.2) is 42.1 Å². The molecule has 4 N–H and O–H groups in total. The summed E-state index contributed by atoms with van der Waals surface area (Å²) < 4.78 is 5.29. The molecule has 2 aliphatic heterocycles. The Morgan fingerprint density at radius 3 is 2.81 bits per heavy atom. The van der Waals surface area contributed by atoms with E-state index in [2.05, 4.69) is 21.6 Å². The van der Waals surface area contributed by atoms with Gasteiger partial charge >= 0.3 is 12.0 Å². The van der Waals surface area contributed by atoms with E-state index in [9.17, 15) is 20.0 Å². The Morgan fingerprint density at radius 2 is 2.03 bits per heavy atom. The number of esters is 1. The van der Waals surface area contributed by atoms with Crippen molar-refractivity contribution in [2.75, 3.05) is 29.8 Å².